The lowest BCUT2D eigenvalue weighted by Gasteiger charge is -2.12. The summed E-state index contributed by atoms with van der Waals surface area (Å²) in [7, 11) is 0. The molecule has 0 saturated heterocycles. The SMILES string of the molecule is CCCCNC(=NCc1ccc(C)cc1)NCCCc1nnc2ccccn12.I. The number of nitrogens with one attached hydrogen (secondary N) is 2. The summed E-state index contributed by atoms with van der Waals surface area (Å²) < 4.78 is 2.05. The Morgan fingerprint density at radius 2 is 1.76 bits per heavy atom. The van der Waals surface area contributed by atoms with E-state index in [1.54, 1.807) is 0 Å². The molecule has 0 atom stereocenters. The molecule has 156 valence electrons. The van der Waals surface area contributed by atoms with E-state index in [0.717, 1.165) is 56.2 Å². The molecule has 2 N–H and O–H groups in total. The highest BCUT2D eigenvalue weighted by Crippen LogP contribution is 2.05. The van der Waals surface area contributed by atoms with Gasteiger partial charge in [-0.25, -0.2) is 4.99 Å². The van der Waals surface area contributed by atoms with Gasteiger partial charge in [0.25, 0.3) is 0 Å². The van der Waals surface area contributed by atoms with Crippen molar-refractivity contribution in [2.24, 2.45) is 4.99 Å². The second-order valence-corrected chi connectivity index (χ2v) is 7.01. The molecule has 0 spiro atoms. The van der Waals surface area contributed by atoms with Crippen LogP contribution in [0.1, 0.15) is 43.1 Å². The molecule has 0 bridgehead atoms. The Kier molecular flexibility index (Phi) is 9.90. The minimum absolute atomic E-state index is 0. The summed E-state index contributed by atoms with van der Waals surface area (Å²) in [6, 6.07) is 14.5. The molecule has 2 heterocycles. The third kappa shape index (κ3) is 7.30. The molecular formula is C22H31IN6. The number of aryl methyl sites for hydroxylation is 2. The van der Waals surface area contributed by atoms with E-state index in [0.29, 0.717) is 6.54 Å². The van der Waals surface area contributed by atoms with Crippen LogP contribution in [0.15, 0.2) is 53.7 Å². The van der Waals surface area contributed by atoms with Crippen molar-refractivity contribution in [2.75, 3.05) is 13.1 Å². The molecule has 1 aromatic carbocycles. The van der Waals surface area contributed by atoms with Gasteiger partial charge < -0.3 is 10.6 Å². The Labute approximate surface area is 190 Å². The number of halogens is 1. The van der Waals surface area contributed by atoms with Crippen molar-refractivity contribution in [1.29, 1.82) is 0 Å². The van der Waals surface area contributed by atoms with Crippen molar-refractivity contribution >= 4 is 35.6 Å². The molecule has 0 aliphatic rings. The average molecular weight is 506 g/mol. The van der Waals surface area contributed by atoms with Gasteiger partial charge in [0.15, 0.2) is 11.6 Å². The van der Waals surface area contributed by atoms with E-state index in [1.165, 1.54) is 11.1 Å². The minimum atomic E-state index is 0. The monoisotopic (exact) mass is 506 g/mol. The molecule has 6 nitrogen and oxygen atoms in total. The maximum absolute atomic E-state index is 4.74. The highest BCUT2D eigenvalue weighted by atomic mass is 127. The highest BCUT2D eigenvalue weighted by Gasteiger charge is 2.04. The number of aliphatic imine (C=N–C) groups is 1. The smallest absolute Gasteiger partial charge is 0.191 e. The number of rotatable bonds is 9. The lowest BCUT2D eigenvalue weighted by atomic mass is 10.1. The van der Waals surface area contributed by atoms with Gasteiger partial charge in [0.05, 0.1) is 6.54 Å². The van der Waals surface area contributed by atoms with Crippen LogP contribution in [-0.2, 0) is 13.0 Å². The molecule has 29 heavy (non-hydrogen) atoms. The quantitative estimate of drug-likeness (QED) is 0.198. The van der Waals surface area contributed by atoms with E-state index < -0.39 is 0 Å². The van der Waals surface area contributed by atoms with Crippen LogP contribution in [0.5, 0.6) is 0 Å². The fraction of sp³-hybridized carbons (Fsp3) is 0.409. The lowest BCUT2D eigenvalue weighted by Crippen LogP contribution is -2.38. The molecule has 0 aliphatic heterocycles. The van der Waals surface area contributed by atoms with Gasteiger partial charge in [-0.3, -0.25) is 4.40 Å². The molecule has 0 aliphatic carbocycles. The largest absolute Gasteiger partial charge is 0.356 e. The number of hydrogen-bond acceptors (Lipinski definition) is 3. The lowest BCUT2D eigenvalue weighted by molar-refractivity contribution is 0.694. The third-order valence-electron chi connectivity index (χ3n) is 4.62. The van der Waals surface area contributed by atoms with Gasteiger partial charge in [-0.1, -0.05) is 49.2 Å². The van der Waals surface area contributed by atoms with Crippen LogP contribution in [0, 0.1) is 6.92 Å². The zero-order valence-corrected chi connectivity index (χ0v) is 19.6. The maximum atomic E-state index is 4.74. The average Bonchev–Trinajstić information content (AvgIpc) is 3.13. The zero-order chi connectivity index (χ0) is 19.6. The van der Waals surface area contributed by atoms with Crippen LogP contribution in [0.3, 0.4) is 0 Å². The predicted molar refractivity (Wildman–Crippen MR) is 130 cm³/mol. The van der Waals surface area contributed by atoms with Crippen molar-refractivity contribution in [2.45, 2.75) is 46.1 Å². The Bertz CT molecular complexity index is 888. The van der Waals surface area contributed by atoms with Gasteiger partial charge in [0.1, 0.15) is 5.82 Å². The molecule has 3 rings (SSSR count). The Balaban J connectivity index is 0.00000300. The summed E-state index contributed by atoms with van der Waals surface area (Å²) in [5.74, 6) is 1.87. The number of benzene rings is 1. The van der Waals surface area contributed by atoms with Gasteiger partial charge in [-0.2, -0.15) is 0 Å². The second kappa shape index (κ2) is 12.4. The first-order valence-electron chi connectivity index (χ1n) is 10.1. The van der Waals surface area contributed by atoms with E-state index >= 15 is 0 Å². The summed E-state index contributed by atoms with van der Waals surface area (Å²) in [6.07, 6.45) is 6.15. The predicted octanol–water partition coefficient (Wildman–Crippen LogP) is 4.12. The standard InChI is InChI=1S/C22H30N6.HI/c1-3-4-14-23-22(25-17-19-12-10-18(2)11-13-19)24-15-7-9-21-27-26-20-8-5-6-16-28(20)21;/h5-6,8,10-13,16H,3-4,7,9,14-15,17H2,1-2H3,(H2,23,24,25);1H. The summed E-state index contributed by atoms with van der Waals surface area (Å²) in [5.41, 5.74) is 3.39. The molecule has 0 fully saturated rings. The first kappa shape index (κ1) is 23.1. The molecule has 2 aromatic heterocycles. The first-order valence-corrected chi connectivity index (χ1v) is 10.1. The normalized spacial score (nSPS) is 11.3. The summed E-state index contributed by atoms with van der Waals surface area (Å²) >= 11 is 0. The van der Waals surface area contributed by atoms with E-state index in [2.05, 4.69) is 58.9 Å². The summed E-state index contributed by atoms with van der Waals surface area (Å²) in [5, 5.41) is 15.4. The van der Waals surface area contributed by atoms with Crippen LogP contribution >= 0.6 is 24.0 Å². The fourth-order valence-electron chi connectivity index (χ4n) is 2.94. The van der Waals surface area contributed by atoms with Gasteiger partial charge >= 0.3 is 0 Å². The Hall–Kier alpha value is -2.16. The number of aromatic nitrogens is 3. The van der Waals surface area contributed by atoms with Crippen LogP contribution in [0.25, 0.3) is 5.65 Å². The van der Waals surface area contributed by atoms with E-state index in [1.807, 2.05) is 28.8 Å². The van der Waals surface area contributed by atoms with Gasteiger partial charge in [-0.15, -0.1) is 34.2 Å². The van der Waals surface area contributed by atoms with Gasteiger partial charge in [-0.05, 0) is 37.5 Å². The van der Waals surface area contributed by atoms with E-state index in [4.69, 9.17) is 4.99 Å². The van der Waals surface area contributed by atoms with Gasteiger partial charge in [0.2, 0.25) is 0 Å². The van der Waals surface area contributed by atoms with Crippen LogP contribution in [-0.4, -0.2) is 33.6 Å². The second-order valence-electron chi connectivity index (χ2n) is 7.01. The third-order valence-corrected chi connectivity index (χ3v) is 4.62. The molecule has 0 unspecified atom stereocenters. The number of guanidine groups is 1. The van der Waals surface area contributed by atoms with Crippen LogP contribution < -0.4 is 10.6 Å². The molecule has 3 aromatic rings. The molecular weight excluding hydrogens is 475 g/mol. The van der Waals surface area contributed by atoms with Crippen molar-refractivity contribution in [1.82, 2.24) is 25.2 Å². The summed E-state index contributed by atoms with van der Waals surface area (Å²) in [4.78, 5) is 4.74. The topological polar surface area (TPSA) is 66.6 Å². The van der Waals surface area contributed by atoms with Crippen molar-refractivity contribution in [3.8, 4) is 0 Å². The van der Waals surface area contributed by atoms with E-state index in [-0.39, 0.29) is 24.0 Å². The molecule has 0 radical (unpaired) electrons. The molecule has 7 heteroatoms. The van der Waals surface area contributed by atoms with Crippen LogP contribution in [0.4, 0.5) is 0 Å². The zero-order valence-electron chi connectivity index (χ0n) is 17.3. The molecule has 0 saturated carbocycles. The van der Waals surface area contributed by atoms with Crippen molar-refractivity contribution < 1.29 is 0 Å². The Morgan fingerprint density at radius 3 is 2.52 bits per heavy atom. The van der Waals surface area contributed by atoms with Gasteiger partial charge in [0, 0.05) is 25.7 Å². The fourth-order valence-corrected chi connectivity index (χ4v) is 2.94. The number of hydrogen-bond donors (Lipinski definition) is 2. The maximum Gasteiger partial charge on any atom is 0.191 e. The number of nitrogens with zero attached hydrogens (tertiary/aromatic N) is 4. The number of fused-ring (bicyclic) bond motifs is 1. The summed E-state index contributed by atoms with van der Waals surface area (Å²) in [6.45, 7) is 6.75. The highest BCUT2D eigenvalue weighted by molar-refractivity contribution is 14.0. The van der Waals surface area contributed by atoms with Crippen molar-refractivity contribution in [3.05, 3.63) is 65.6 Å². The number of unbranched alkanes of at least 4 members (excludes halogenated alkanes) is 1. The Morgan fingerprint density at radius 1 is 1.00 bits per heavy atom. The van der Waals surface area contributed by atoms with Crippen LogP contribution in [0.2, 0.25) is 0 Å². The first-order chi connectivity index (χ1) is 13.8. The minimum Gasteiger partial charge on any atom is -0.356 e. The molecule has 0 amide bonds. The van der Waals surface area contributed by atoms with Crippen molar-refractivity contribution in [3.63, 3.8) is 0 Å². The number of pyridine rings is 1. The van der Waals surface area contributed by atoms with E-state index in [9.17, 15) is 0 Å².